The van der Waals surface area contributed by atoms with Crippen LogP contribution in [0.1, 0.15) is 25.0 Å². The number of allylic oxidation sites excluding steroid dienone is 2. The van der Waals surface area contributed by atoms with Gasteiger partial charge in [0.1, 0.15) is 0 Å². The van der Waals surface area contributed by atoms with Crippen LogP contribution in [0.5, 0.6) is 0 Å². The fourth-order valence-corrected chi connectivity index (χ4v) is 2.43. The van der Waals surface area contributed by atoms with Gasteiger partial charge in [-0.2, -0.15) is 0 Å². The fourth-order valence-electron chi connectivity index (χ4n) is 2.43. The van der Waals surface area contributed by atoms with Crippen molar-refractivity contribution in [3.8, 4) is 0 Å². The van der Waals surface area contributed by atoms with E-state index in [1.165, 1.54) is 22.3 Å². The van der Waals surface area contributed by atoms with E-state index >= 15 is 0 Å². The summed E-state index contributed by atoms with van der Waals surface area (Å²) in [5.74, 6) is 0.732. The Bertz CT molecular complexity index is 522. The van der Waals surface area contributed by atoms with E-state index in [4.69, 9.17) is 0 Å². The van der Waals surface area contributed by atoms with Gasteiger partial charge in [-0.25, -0.2) is 0 Å². The van der Waals surface area contributed by atoms with Crippen molar-refractivity contribution in [2.75, 3.05) is 0 Å². The average Bonchev–Trinajstić information content (AvgIpc) is 2.53. The monoisotopic (exact) mass is 262 g/mol. The van der Waals surface area contributed by atoms with Crippen molar-refractivity contribution in [2.24, 2.45) is 11.8 Å². The first-order chi connectivity index (χ1) is 9.61. The van der Waals surface area contributed by atoms with Crippen LogP contribution in [0.15, 0.2) is 73.8 Å². The van der Waals surface area contributed by atoms with Gasteiger partial charge in [0.05, 0.1) is 0 Å². The molecule has 0 nitrogen and oxygen atoms in total. The molecule has 0 aliphatic carbocycles. The molecule has 0 saturated carbocycles. The van der Waals surface area contributed by atoms with Gasteiger partial charge in [0.25, 0.3) is 0 Å². The Morgan fingerprint density at radius 2 is 0.950 bits per heavy atom. The molecule has 2 aromatic carbocycles. The maximum atomic E-state index is 4.28. The predicted octanol–water partition coefficient (Wildman–Crippen LogP) is 5.69. The molecule has 0 amide bonds. The van der Waals surface area contributed by atoms with Gasteiger partial charge < -0.3 is 0 Å². The average molecular weight is 262 g/mol. The largest absolute Gasteiger partial charge is 0.0949 e. The van der Waals surface area contributed by atoms with Crippen molar-refractivity contribution in [3.05, 3.63) is 84.9 Å². The Morgan fingerprint density at radius 3 is 1.25 bits per heavy atom. The van der Waals surface area contributed by atoms with Gasteiger partial charge in [-0.1, -0.05) is 87.7 Å². The molecule has 0 spiro atoms. The molecule has 0 saturated heterocycles. The number of benzene rings is 2. The van der Waals surface area contributed by atoms with Gasteiger partial charge in [-0.05, 0) is 34.1 Å². The van der Waals surface area contributed by atoms with Crippen molar-refractivity contribution in [3.63, 3.8) is 0 Å². The van der Waals surface area contributed by atoms with E-state index in [2.05, 4.69) is 75.5 Å². The summed E-state index contributed by atoms with van der Waals surface area (Å²) in [7, 11) is 0. The molecule has 0 N–H and O–H groups in total. The Hall–Kier alpha value is -2.08. The van der Waals surface area contributed by atoms with Crippen LogP contribution in [-0.4, -0.2) is 0 Å². The first-order valence-corrected chi connectivity index (χ1v) is 7.09. The summed E-state index contributed by atoms with van der Waals surface area (Å²) in [6.45, 7) is 13.0. The molecule has 0 heterocycles. The summed E-state index contributed by atoms with van der Waals surface area (Å²) in [6.07, 6.45) is 0. The third kappa shape index (κ3) is 3.08. The minimum atomic E-state index is 0.366. The molecule has 102 valence electrons. The topological polar surface area (TPSA) is 0 Å². The minimum absolute atomic E-state index is 0.366. The maximum absolute atomic E-state index is 4.28. The van der Waals surface area contributed by atoms with Gasteiger partial charge in [0.2, 0.25) is 0 Å². The van der Waals surface area contributed by atoms with Crippen molar-refractivity contribution >= 4 is 11.1 Å². The van der Waals surface area contributed by atoms with E-state index in [0.717, 1.165) is 0 Å². The van der Waals surface area contributed by atoms with Gasteiger partial charge >= 0.3 is 0 Å². The van der Waals surface area contributed by atoms with Crippen molar-refractivity contribution in [2.45, 2.75) is 13.8 Å². The zero-order valence-corrected chi connectivity index (χ0v) is 12.3. The summed E-state index contributed by atoms with van der Waals surface area (Å²) in [4.78, 5) is 0. The second-order valence-corrected chi connectivity index (χ2v) is 5.36. The van der Waals surface area contributed by atoms with Gasteiger partial charge in [-0.15, -0.1) is 0 Å². The lowest BCUT2D eigenvalue weighted by molar-refractivity contribution is 0.591. The van der Waals surface area contributed by atoms with Crippen LogP contribution in [0.4, 0.5) is 0 Å². The van der Waals surface area contributed by atoms with Crippen LogP contribution < -0.4 is 0 Å². The fraction of sp³-hybridized carbons (Fsp3) is 0.200. The number of hydrogen-bond acceptors (Lipinski definition) is 0. The van der Waals surface area contributed by atoms with Crippen molar-refractivity contribution in [1.29, 1.82) is 0 Å². The second kappa shape index (κ2) is 6.38. The van der Waals surface area contributed by atoms with E-state index in [1.807, 2.05) is 12.1 Å². The maximum Gasteiger partial charge on any atom is -0.0124 e. The highest BCUT2D eigenvalue weighted by atomic mass is 14.2. The Balaban J connectivity index is 2.15. The number of hydrogen-bond donors (Lipinski definition) is 0. The van der Waals surface area contributed by atoms with E-state index < -0.39 is 0 Å². The minimum Gasteiger partial charge on any atom is -0.0949 e. The molecular weight excluding hydrogens is 240 g/mol. The Kier molecular flexibility index (Phi) is 4.57. The highest BCUT2D eigenvalue weighted by Gasteiger charge is 2.19. The molecule has 2 rings (SSSR count). The summed E-state index contributed by atoms with van der Waals surface area (Å²) >= 11 is 0. The highest BCUT2D eigenvalue weighted by Crippen LogP contribution is 2.34. The summed E-state index contributed by atoms with van der Waals surface area (Å²) < 4.78 is 0. The lowest BCUT2D eigenvalue weighted by Crippen LogP contribution is -2.11. The molecular formula is C20H22. The normalized spacial score (nSPS) is 13.5. The van der Waals surface area contributed by atoms with Crippen molar-refractivity contribution in [1.82, 2.24) is 0 Å². The zero-order chi connectivity index (χ0) is 14.5. The van der Waals surface area contributed by atoms with E-state index in [1.54, 1.807) is 0 Å². The van der Waals surface area contributed by atoms with Gasteiger partial charge in [0.15, 0.2) is 0 Å². The molecule has 0 radical (unpaired) electrons. The summed E-state index contributed by atoms with van der Waals surface area (Å²) in [5, 5.41) is 0. The van der Waals surface area contributed by atoms with Crippen LogP contribution in [0, 0.1) is 11.8 Å². The van der Waals surface area contributed by atoms with Crippen LogP contribution in [0.2, 0.25) is 0 Å². The zero-order valence-electron chi connectivity index (χ0n) is 12.3. The lowest BCUT2D eigenvalue weighted by Gasteiger charge is -2.24. The molecule has 0 fully saturated rings. The first kappa shape index (κ1) is 14.3. The third-order valence-corrected chi connectivity index (χ3v) is 4.14. The van der Waals surface area contributed by atoms with Crippen LogP contribution in [0.25, 0.3) is 11.1 Å². The van der Waals surface area contributed by atoms with Crippen LogP contribution in [0.3, 0.4) is 0 Å². The standard InChI is InChI=1S/C20H22/c1-15(17(3)19-11-7-5-8-12-19)16(2)18(4)20-13-9-6-10-14-20/h5-16H,3-4H2,1-2H3/t15-,16+. The highest BCUT2D eigenvalue weighted by molar-refractivity contribution is 5.71. The molecule has 20 heavy (non-hydrogen) atoms. The lowest BCUT2D eigenvalue weighted by atomic mass is 9.80. The van der Waals surface area contributed by atoms with Crippen LogP contribution in [-0.2, 0) is 0 Å². The summed E-state index contributed by atoms with van der Waals surface area (Å²) in [6, 6.07) is 20.8. The van der Waals surface area contributed by atoms with E-state index in [0.29, 0.717) is 11.8 Å². The molecule has 0 aliphatic heterocycles. The van der Waals surface area contributed by atoms with E-state index in [-0.39, 0.29) is 0 Å². The molecule has 0 heteroatoms. The smallest absolute Gasteiger partial charge is 0.0124 e. The number of rotatable bonds is 5. The van der Waals surface area contributed by atoms with Gasteiger partial charge in [0, 0.05) is 0 Å². The quantitative estimate of drug-likeness (QED) is 0.649. The molecule has 0 bridgehead atoms. The van der Waals surface area contributed by atoms with Gasteiger partial charge in [-0.3, -0.25) is 0 Å². The third-order valence-electron chi connectivity index (χ3n) is 4.14. The van der Waals surface area contributed by atoms with E-state index in [9.17, 15) is 0 Å². The molecule has 0 aromatic heterocycles. The molecule has 0 aliphatic rings. The van der Waals surface area contributed by atoms with Crippen LogP contribution >= 0.6 is 0 Å². The Labute approximate surface area is 122 Å². The Morgan fingerprint density at radius 1 is 0.650 bits per heavy atom. The predicted molar refractivity (Wildman–Crippen MR) is 89.3 cm³/mol. The molecule has 2 aromatic rings. The second-order valence-electron chi connectivity index (χ2n) is 5.36. The summed E-state index contributed by atoms with van der Waals surface area (Å²) in [5.41, 5.74) is 4.78. The van der Waals surface area contributed by atoms with Crippen molar-refractivity contribution < 1.29 is 0 Å². The SMILES string of the molecule is C=C(c1ccccc1)[C@@H](C)[C@@H](C)C(=C)c1ccccc1. The molecule has 0 unspecified atom stereocenters. The molecule has 2 atom stereocenters. The first-order valence-electron chi connectivity index (χ1n) is 7.09.